The van der Waals surface area contributed by atoms with Crippen molar-refractivity contribution in [1.82, 2.24) is 4.90 Å². The van der Waals surface area contributed by atoms with Gasteiger partial charge in [0.15, 0.2) is 0 Å². The Morgan fingerprint density at radius 3 is 2.44 bits per heavy atom. The van der Waals surface area contributed by atoms with Crippen LogP contribution < -0.4 is 0 Å². The first kappa shape index (κ1) is 15.6. The summed E-state index contributed by atoms with van der Waals surface area (Å²) in [4.78, 5) is 20.8. The number of unbranched alkanes of at least 4 members (excludes halogenated alkanes) is 4. The zero-order valence-electron chi connectivity index (χ0n) is 9.93. The van der Waals surface area contributed by atoms with Crippen LogP contribution >= 0.6 is 8.25 Å². The molecule has 1 aliphatic rings. The molecule has 96 valence electrons. The summed E-state index contributed by atoms with van der Waals surface area (Å²) in [6, 6.07) is 0. The second-order valence-electron chi connectivity index (χ2n) is 3.75. The van der Waals surface area contributed by atoms with Gasteiger partial charge in [0.05, 0.1) is 12.9 Å². The number of hydrogen-bond acceptors (Lipinski definition) is 3. The van der Waals surface area contributed by atoms with Crippen LogP contribution in [-0.4, -0.2) is 40.7 Å². The van der Waals surface area contributed by atoms with Crippen LogP contribution in [0, 0.1) is 0 Å². The Labute approximate surface area is 98.1 Å². The van der Waals surface area contributed by atoms with E-state index in [9.17, 15) is 0 Å². The maximum atomic E-state index is 8.74. The summed E-state index contributed by atoms with van der Waals surface area (Å²) in [6.07, 6.45) is 8.87. The van der Waals surface area contributed by atoms with Crippen molar-refractivity contribution in [2.45, 2.75) is 39.0 Å². The lowest BCUT2D eigenvalue weighted by Crippen LogP contribution is -2.20. The minimum Gasteiger partial charge on any atom is -0.361 e. The van der Waals surface area contributed by atoms with Crippen LogP contribution in [0.2, 0.25) is 0 Å². The van der Waals surface area contributed by atoms with Crippen LogP contribution in [0.25, 0.3) is 0 Å². The first-order valence-electron chi connectivity index (χ1n) is 5.82. The van der Waals surface area contributed by atoms with Crippen molar-refractivity contribution in [2.75, 3.05) is 19.6 Å². The Bertz CT molecular complexity index is 208. The third-order valence-corrected chi connectivity index (χ3v) is 2.31. The molecular formula is C10H23N2O3P. The Morgan fingerprint density at radius 1 is 1.31 bits per heavy atom. The van der Waals surface area contributed by atoms with Crippen molar-refractivity contribution in [1.29, 1.82) is 0 Å². The minimum absolute atomic E-state index is 1.01. The maximum absolute atomic E-state index is 8.74. The van der Waals surface area contributed by atoms with E-state index in [1.54, 1.807) is 0 Å². The van der Waals surface area contributed by atoms with Crippen molar-refractivity contribution < 1.29 is 14.4 Å². The molecule has 1 aliphatic heterocycles. The standard InChI is InChI=1S/C10H20N2.H3O3P/c1-2-3-4-5-6-8-12-9-7-11-10-12;1-4(2)3/h10H,2-9H2,1H3;4H,(H2,1,2,3). The summed E-state index contributed by atoms with van der Waals surface area (Å²) in [5.41, 5.74) is 0. The number of nitrogens with zero attached hydrogens (tertiary/aromatic N) is 2. The van der Waals surface area contributed by atoms with Gasteiger partial charge in [-0.15, -0.1) is 0 Å². The molecule has 6 heteroatoms. The molecule has 0 spiro atoms. The lowest BCUT2D eigenvalue weighted by atomic mass is 10.1. The smallest absolute Gasteiger partial charge is 0.314 e. The zero-order valence-corrected chi connectivity index (χ0v) is 10.9. The van der Waals surface area contributed by atoms with Gasteiger partial charge < -0.3 is 14.7 Å². The molecule has 0 unspecified atom stereocenters. The quantitative estimate of drug-likeness (QED) is 0.555. The second-order valence-corrected chi connectivity index (χ2v) is 4.32. The predicted molar refractivity (Wildman–Crippen MR) is 67.1 cm³/mol. The minimum atomic E-state index is -3.13. The van der Waals surface area contributed by atoms with Gasteiger partial charge in [-0.2, -0.15) is 0 Å². The Kier molecular flexibility index (Phi) is 10.9. The summed E-state index contributed by atoms with van der Waals surface area (Å²) in [5.74, 6) is 0. The van der Waals surface area contributed by atoms with Gasteiger partial charge in [0, 0.05) is 13.1 Å². The lowest BCUT2D eigenvalue weighted by Gasteiger charge is -2.12. The molecule has 0 aliphatic carbocycles. The lowest BCUT2D eigenvalue weighted by molar-refractivity contribution is 0.405. The highest BCUT2D eigenvalue weighted by Crippen LogP contribution is 2.04. The fraction of sp³-hybridized carbons (Fsp3) is 0.900. The van der Waals surface area contributed by atoms with E-state index in [0.29, 0.717) is 0 Å². The third kappa shape index (κ3) is 11.7. The molecule has 0 fully saturated rings. The van der Waals surface area contributed by atoms with E-state index in [-0.39, 0.29) is 0 Å². The maximum Gasteiger partial charge on any atom is 0.314 e. The van der Waals surface area contributed by atoms with Crippen molar-refractivity contribution in [3.8, 4) is 0 Å². The van der Waals surface area contributed by atoms with Gasteiger partial charge in [-0.3, -0.25) is 9.56 Å². The number of aliphatic imine (C=N–C) groups is 1. The highest BCUT2D eigenvalue weighted by atomic mass is 31.1. The Morgan fingerprint density at radius 2 is 1.94 bits per heavy atom. The van der Waals surface area contributed by atoms with Crippen LogP contribution in [-0.2, 0) is 4.57 Å². The van der Waals surface area contributed by atoms with E-state index in [4.69, 9.17) is 14.4 Å². The number of hydrogen-bond donors (Lipinski definition) is 2. The SMILES string of the molecule is CCCCCCCN1C=NCC1.O=[PH](O)O. The molecule has 0 amide bonds. The molecule has 5 nitrogen and oxygen atoms in total. The average molecular weight is 250 g/mol. The van der Waals surface area contributed by atoms with Crippen LogP contribution in [0.3, 0.4) is 0 Å². The molecule has 0 atom stereocenters. The first-order valence-corrected chi connectivity index (χ1v) is 7.13. The van der Waals surface area contributed by atoms with Gasteiger partial charge in [-0.05, 0) is 6.42 Å². The summed E-state index contributed by atoms with van der Waals surface area (Å²) >= 11 is 0. The Balaban J connectivity index is 0.000000487. The Hall–Kier alpha value is -0.380. The molecule has 0 saturated heterocycles. The molecule has 0 aromatic heterocycles. The van der Waals surface area contributed by atoms with Crippen molar-refractivity contribution in [3.05, 3.63) is 0 Å². The molecule has 0 radical (unpaired) electrons. The molecule has 0 aromatic rings. The first-order chi connectivity index (χ1) is 7.66. The van der Waals surface area contributed by atoms with Gasteiger partial charge in [0.1, 0.15) is 0 Å². The molecule has 1 rings (SSSR count). The van der Waals surface area contributed by atoms with Gasteiger partial charge >= 0.3 is 8.25 Å². The van der Waals surface area contributed by atoms with Gasteiger partial charge in [0.2, 0.25) is 0 Å². The third-order valence-electron chi connectivity index (χ3n) is 2.31. The average Bonchev–Trinajstić information content (AvgIpc) is 2.69. The zero-order chi connectivity index (χ0) is 12.2. The number of rotatable bonds is 6. The second kappa shape index (κ2) is 11.1. The highest BCUT2D eigenvalue weighted by Gasteiger charge is 2.03. The van der Waals surface area contributed by atoms with E-state index in [1.807, 2.05) is 6.34 Å². The van der Waals surface area contributed by atoms with Crippen molar-refractivity contribution >= 4 is 14.6 Å². The predicted octanol–water partition coefficient (Wildman–Crippen LogP) is 1.66. The monoisotopic (exact) mass is 250 g/mol. The highest BCUT2D eigenvalue weighted by molar-refractivity contribution is 7.30. The summed E-state index contributed by atoms with van der Waals surface area (Å²) in [5, 5.41) is 0. The molecule has 2 N–H and O–H groups in total. The van der Waals surface area contributed by atoms with Crippen LogP contribution in [0.1, 0.15) is 39.0 Å². The molecule has 0 bridgehead atoms. The van der Waals surface area contributed by atoms with Crippen molar-refractivity contribution in [2.24, 2.45) is 4.99 Å². The molecule has 0 aromatic carbocycles. The summed E-state index contributed by atoms with van der Waals surface area (Å²) in [6.45, 7) is 5.63. The van der Waals surface area contributed by atoms with Gasteiger partial charge in [0.25, 0.3) is 0 Å². The van der Waals surface area contributed by atoms with Crippen LogP contribution in [0.15, 0.2) is 4.99 Å². The van der Waals surface area contributed by atoms with E-state index in [0.717, 1.165) is 13.1 Å². The largest absolute Gasteiger partial charge is 0.361 e. The fourth-order valence-electron chi connectivity index (χ4n) is 1.51. The fourth-order valence-corrected chi connectivity index (χ4v) is 1.51. The van der Waals surface area contributed by atoms with Gasteiger partial charge in [-0.1, -0.05) is 32.6 Å². The van der Waals surface area contributed by atoms with E-state index in [2.05, 4.69) is 16.8 Å². The van der Waals surface area contributed by atoms with Crippen LogP contribution in [0.5, 0.6) is 0 Å². The normalized spacial score (nSPS) is 14.1. The molecule has 1 heterocycles. The topological polar surface area (TPSA) is 73.1 Å². The summed E-state index contributed by atoms with van der Waals surface area (Å²) < 4.78 is 8.74. The molecular weight excluding hydrogens is 227 g/mol. The summed E-state index contributed by atoms with van der Waals surface area (Å²) in [7, 11) is -3.13. The van der Waals surface area contributed by atoms with E-state index in [1.165, 1.54) is 38.6 Å². The molecule has 0 saturated carbocycles. The van der Waals surface area contributed by atoms with Gasteiger partial charge in [-0.25, -0.2) is 0 Å². The van der Waals surface area contributed by atoms with Crippen molar-refractivity contribution in [3.63, 3.8) is 0 Å². The van der Waals surface area contributed by atoms with E-state index < -0.39 is 8.25 Å². The molecule has 16 heavy (non-hydrogen) atoms. The van der Waals surface area contributed by atoms with Crippen LogP contribution in [0.4, 0.5) is 0 Å². The van der Waals surface area contributed by atoms with E-state index >= 15 is 0 Å².